The molecule has 0 radical (unpaired) electrons. The van der Waals surface area contributed by atoms with E-state index >= 15 is 0 Å². The Morgan fingerprint density at radius 3 is 2.42 bits per heavy atom. The summed E-state index contributed by atoms with van der Waals surface area (Å²) >= 11 is 0. The van der Waals surface area contributed by atoms with Gasteiger partial charge in [0.1, 0.15) is 5.82 Å². The summed E-state index contributed by atoms with van der Waals surface area (Å²) < 4.78 is 13.3. The Bertz CT molecular complexity index is 369. The van der Waals surface area contributed by atoms with E-state index < -0.39 is 0 Å². The highest BCUT2D eigenvalue weighted by molar-refractivity contribution is 5.20. The van der Waals surface area contributed by atoms with E-state index in [1.807, 2.05) is 6.07 Å². The fraction of sp³-hybridized carbons (Fsp3) is 0.625. The van der Waals surface area contributed by atoms with Crippen molar-refractivity contribution in [2.45, 2.75) is 39.3 Å². The zero-order valence-electron chi connectivity index (χ0n) is 12.8. The van der Waals surface area contributed by atoms with Crippen LogP contribution in [0.3, 0.4) is 0 Å². The van der Waals surface area contributed by atoms with E-state index in [1.165, 1.54) is 6.07 Å². The molecule has 0 saturated heterocycles. The van der Waals surface area contributed by atoms with Crippen LogP contribution < -0.4 is 5.32 Å². The van der Waals surface area contributed by atoms with Gasteiger partial charge in [-0.2, -0.15) is 0 Å². The van der Waals surface area contributed by atoms with Gasteiger partial charge in [-0.1, -0.05) is 32.9 Å². The van der Waals surface area contributed by atoms with E-state index in [0.717, 1.165) is 18.5 Å². The van der Waals surface area contributed by atoms with Crippen LogP contribution in [0, 0.1) is 11.7 Å². The van der Waals surface area contributed by atoms with Crippen LogP contribution in [0.25, 0.3) is 0 Å². The Balaban J connectivity index is 2.67. The molecule has 2 nitrogen and oxygen atoms in total. The van der Waals surface area contributed by atoms with E-state index in [9.17, 15) is 4.39 Å². The van der Waals surface area contributed by atoms with Gasteiger partial charge in [0.05, 0.1) is 0 Å². The maximum atomic E-state index is 13.3. The molecule has 0 bridgehead atoms. The Morgan fingerprint density at radius 2 is 1.95 bits per heavy atom. The zero-order valence-corrected chi connectivity index (χ0v) is 12.8. The summed E-state index contributed by atoms with van der Waals surface area (Å²) in [6.45, 7) is 7.51. The lowest BCUT2D eigenvalue weighted by molar-refractivity contribution is 0.218. The molecule has 1 aromatic carbocycles. The van der Waals surface area contributed by atoms with Gasteiger partial charge in [-0.15, -0.1) is 0 Å². The lowest BCUT2D eigenvalue weighted by Crippen LogP contribution is -2.42. The normalized spacial score (nSPS) is 14.9. The SMILES string of the molecule is CCC(NCC(C(C)C)N(C)C)c1cccc(F)c1. The fourth-order valence-electron chi connectivity index (χ4n) is 2.50. The molecule has 0 heterocycles. The van der Waals surface area contributed by atoms with Crippen molar-refractivity contribution in [3.8, 4) is 0 Å². The molecule has 0 amide bonds. The topological polar surface area (TPSA) is 15.3 Å². The maximum Gasteiger partial charge on any atom is 0.123 e. The zero-order chi connectivity index (χ0) is 14.4. The molecular formula is C16H27FN2. The van der Waals surface area contributed by atoms with E-state index in [4.69, 9.17) is 0 Å². The molecule has 2 atom stereocenters. The quantitative estimate of drug-likeness (QED) is 0.813. The number of nitrogens with zero attached hydrogens (tertiary/aromatic N) is 1. The van der Waals surface area contributed by atoms with Crippen LogP contribution in [0.4, 0.5) is 4.39 Å². The third-order valence-electron chi connectivity index (χ3n) is 3.67. The van der Waals surface area contributed by atoms with Crippen molar-refractivity contribution in [2.75, 3.05) is 20.6 Å². The molecule has 1 N–H and O–H groups in total. The third kappa shape index (κ3) is 4.92. The molecule has 0 saturated carbocycles. The molecule has 1 aromatic rings. The molecule has 0 aromatic heterocycles. The Kier molecular flexibility index (Phi) is 6.46. The van der Waals surface area contributed by atoms with Crippen LogP contribution in [-0.2, 0) is 0 Å². The molecule has 2 unspecified atom stereocenters. The Morgan fingerprint density at radius 1 is 1.26 bits per heavy atom. The summed E-state index contributed by atoms with van der Waals surface area (Å²) in [6, 6.07) is 7.60. The number of halogens is 1. The summed E-state index contributed by atoms with van der Waals surface area (Å²) in [4.78, 5) is 2.25. The largest absolute Gasteiger partial charge is 0.308 e. The summed E-state index contributed by atoms with van der Waals surface area (Å²) in [5.41, 5.74) is 1.03. The molecule has 0 spiro atoms. The van der Waals surface area contributed by atoms with Crippen molar-refractivity contribution in [2.24, 2.45) is 5.92 Å². The van der Waals surface area contributed by atoms with Gasteiger partial charge in [0.25, 0.3) is 0 Å². The van der Waals surface area contributed by atoms with Gasteiger partial charge < -0.3 is 10.2 Å². The van der Waals surface area contributed by atoms with Crippen molar-refractivity contribution >= 4 is 0 Å². The predicted molar refractivity (Wildman–Crippen MR) is 79.7 cm³/mol. The minimum absolute atomic E-state index is 0.161. The van der Waals surface area contributed by atoms with Crippen LogP contribution in [0.2, 0.25) is 0 Å². The Labute approximate surface area is 117 Å². The Hall–Kier alpha value is -0.930. The number of benzene rings is 1. The van der Waals surface area contributed by atoms with Gasteiger partial charge in [0.15, 0.2) is 0 Å². The average molecular weight is 266 g/mol. The molecule has 0 aliphatic carbocycles. The molecule has 19 heavy (non-hydrogen) atoms. The molecule has 3 heteroatoms. The average Bonchev–Trinajstić information content (AvgIpc) is 2.33. The van der Waals surface area contributed by atoms with Crippen LogP contribution >= 0.6 is 0 Å². The highest BCUT2D eigenvalue weighted by Gasteiger charge is 2.18. The first-order valence-corrected chi connectivity index (χ1v) is 7.11. The van der Waals surface area contributed by atoms with Crippen LogP contribution in [-0.4, -0.2) is 31.6 Å². The van der Waals surface area contributed by atoms with Gasteiger partial charge in [0, 0.05) is 18.6 Å². The van der Waals surface area contributed by atoms with E-state index in [1.54, 1.807) is 12.1 Å². The van der Waals surface area contributed by atoms with Crippen LogP contribution in [0.5, 0.6) is 0 Å². The summed E-state index contributed by atoms with van der Waals surface area (Å²) in [6.07, 6.45) is 0.960. The van der Waals surface area contributed by atoms with Crippen molar-refractivity contribution in [1.82, 2.24) is 10.2 Å². The van der Waals surface area contributed by atoms with Crippen molar-refractivity contribution in [3.05, 3.63) is 35.6 Å². The molecule has 0 aliphatic rings. The van der Waals surface area contributed by atoms with E-state index in [2.05, 4.69) is 45.1 Å². The molecule has 108 valence electrons. The number of hydrogen-bond donors (Lipinski definition) is 1. The second-order valence-corrected chi connectivity index (χ2v) is 5.70. The van der Waals surface area contributed by atoms with Crippen LogP contribution in [0.15, 0.2) is 24.3 Å². The van der Waals surface area contributed by atoms with E-state index in [0.29, 0.717) is 12.0 Å². The first-order chi connectivity index (χ1) is 8.95. The van der Waals surface area contributed by atoms with Gasteiger partial charge in [-0.3, -0.25) is 0 Å². The van der Waals surface area contributed by atoms with Gasteiger partial charge >= 0.3 is 0 Å². The highest BCUT2D eigenvalue weighted by atomic mass is 19.1. The standard InChI is InChI=1S/C16H27FN2/c1-6-15(13-8-7-9-14(17)10-13)18-11-16(12(2)3)19(4)5/h7-10,12,15-16,18H,6,11H2,1-5H3. The summed E-state index contributed by atoms with van der Waals surface area (Å²) in [5, 5.41) is 3.57. The second kappa shape index (κ2) is 7.61. The third-order valence-corrected chi connectivity index (χ3v) is 3.67. The number of nitrogens with one attached hydrogen (secondary N) is 1. The first kappa shape index (κ1) is 16.1. The van der Waals surface area contributed by atoms with Crippen molar-refractivity contribution in [1.29, 1.82) is 0 Å². The minimum atomic E-state index is -0.161. The predicted octanol–water partition coefficient (Wildman–Crippen LogP) is 3.45. The van der Waals surface area contributed by atoms with Gasteiger partial charge in [-0.05, 0) is 44.1 Å². The van der Waals surface area contributed by atoms with E-state index in [-0.39, 0.29) is 11.9 Å². The molecule has 0 aliphatic heterocycles. The van der Waals surface area contributed by atoms with Crippen LogP contribution in [0.1, 0.15) is 38.8 Å². The van der Waals surface area contributed by atoms with Gasteiger partial charge in [0.2, 0.25) is 0 Å². The number of rotatable bonds is 7. The second-order valence-electron chi connectivity index (χ2n) is 5.70. The smallest absolute Gasteiger partial charge is 0.123 e. The molecular weight excluding hydrogens is 239 g/mol. The van der Waals surface area contributed by atoms with Crippen molar-refractivity contribution in [3.63, 3.8) is 0 Å². The molecule has 0 fully saturated rings. The van der Waals surface area contributed by atoms with Crippen molar-refractivity contribution < 1.29 is 4.39 Å². The molecule has 1 rings (SSSR count). The van der Waals surface area contributed by atoms with Gasteiger partial charge in [-0.25, -0.2) is 4.39 Å². The monoisotopic (exact) mass is 266 g/mol. The highest BCUT2D eigenvalue weighted by Crippen LogP contribution is 2.18. The number of hydrogen-bond acceptors (Lipinski definition) is 2. The lowest BCUT2D eigenvalue weighted by Gasteiger charge is -2.30. The maximum absolute atomic E-state index is 13.3. The lowest BCUT2D eigenvalue weighted by atomic mass is 10.0. The minimum Gasteiger partial charge on any atom is -0.308 e. The summed E-state index contributed by atoms with van der Waals surface area (Å²) in [7, 11) is 4.21. The number of likely N-dealkylation sites (N-methyl/N-ethyl adjacent to an activating group) is 1. The fourth-order valence-corrected chi connectivity index (χ4v) is 2.50. The first-order valence-electron chi connectivity index (χ1n) is 7.11. The summed E-state index contributed by atoms with van der Waals surface area (Å²) in [5.74, 6) is 0.429.